The van der Waals surface area contributed by atoms with Crippen molar-refractivity contribution in [2.75, 3.05) is 20.8 Å². The molecule has 0 amide bonds. The summed E-state index contributed by atoms with van der Waals surface area (Å²) >= 11 is 0. The van der Waals surface area contributed by atoms with E-state index >= 15 is 0 Å². The van der Waals surface area contributed by atoms with Crippen molar-refractivity contribution in [3.05, 3.63) is 65.7 Å². The quantitative estimate of drug-likeness (QED) is 0.751. The molecule has 0 fully saturated rings. The average molecular weight is 269 g/mol. The topological polar surface area (TPSA) is 30.8 Å². The van der Waals surface area contributed by atoms with Gasteiger partial charge in [-0.1, -0.05) is 30.3 Å². The lowest BCUT2D eigenvalue weighted by Crippen LogP contribution is -2.04. The molecule has 0 unspecified atom stereocenters. The highest BCUT2D eigenvalue weighted by atomic mass is 16.5. The third kappa shape index (κ3) is 3.93. The molecule has 0 aliphatic heterocycles. The monoisotopic (exact) mass is 269 g/mol. The van der Waals surface area contributed by atoms with Crippen molar-refractivity contribution in [3.8, 4) is 5.75 Å². The van der Waals surface area contributed by atoms with Gasteiger partial charge in [-0.05, 0) is 35.4 Å². The van der Waals surface area contributed by atoms with E-state index < -0.39 is 0 Å². The maximum Gasteiger partial charge on any atom is 0.118 e. The molecule has 2 rings (SSSR count). The molecule has 104 valence electrons. The van der Waals surface area contributed by atoms with Crippen LogP contribution < -0.4 is 4.74 Å². The summed E-state index contributed by atoms with van der Waals surface area (Å²) < 4.78 is 10.4. The minimum absolute atomic E-state index is 0.0169. The fourth-order valence-electron chi connectivity index (χ4n) is 1.92. The average Bonchev–Trinajstić information content (AvgIpc) is 2.53. The summed E-state index contributed by atoms with van der Waals surface area (Å²) in [6.45, 7) is 0.566. The second-order valence-corrected chi connectivity index (χ2v) is 4.43. The summed E-state index contributed by atoms with van der Waals surface area (Å²) in [6, 6.07) is 18.0. The molecule has 20 heavy (non-hydrogen) atoms. The van der Waals surface area contributed by atoms with Crippen LogP contribution in [0.25, 0.3) is 0 Å². The number of rotatable bonds is 6. The summed E-state index contributed by atoms with van der Waals surface area (Å²) in [5.41, 5.74) is 2.20. The van der Waals surface area contributed by atoms with Crippen molar-refractivity contribution in [1.82, 2.24) is 0 Å². The summed E-state index contributed by atoms with van der Waals surface area (Å²) in [5, 5.41) is 0. The van der Waals surface area contributed by atoms with Gasteiger partial charge < -0.3 is 9.47 Å². The Morgan fingerprint density at radius 2 is 1.70 bits per heavy atom. The van der Waals surface area contributed by atoms with E-state index in [9.17, 15) is 0 Å². The first kappa shape index (κ1) is 14.3. The Hall–Kier alpha value is -2.13. The molecular weight excluding hydrogens is 250 g/mol. The van der Waals surface area contributed by atoms with Crippen LogP contribution in [0.3, 0.4) is 0 Å². The van der Waals surface area contributed by atoms with Crippen molar-refractivity contribution < 1.29 is 9.47 Å². The van der Waals surface area contributed by atoms with Crippen molar-refractivity contribution >= 4 is 6.21 Å². The van der Waals surface area contributed by atoms with Crippen LogP contribution in [-0.4, -0.2) is 27.0 Å². The van der Waals surface area contributed by atoms with Crippen molar-refractivity contribution in [1.29, 1.82) is 0 Å². The zero-order valence-corrected chi connectivity index (χ0v) is 11.8. The fourth-order valence-corrected chi connectivity index (χ4v) is 1.92. The molecule has 0 bridgehead atoms. The number of aliphatic imine (C=N–C) groups is 1. The second-order valence-electron chi connectivity index (χ2n) is 4.43. The third-order valence-electron chi connectivity index (χ3n) is 3.03. The molecule has 3 heteroatoms. The lowest BCUT2D eigenvalue weighted by molar-refractivity contribution is 0.182. The molecule has 0 heterocycles. The second kappa shape index (κ2) is 7.46. The number of methoxy groups -OCH3 is 2. The van der Waals surface area contributed by atoms with Crippen molar-refractivity contribution in [2.24, 2.45) is 4.99 Å². The Bertz CT molecular complexity index is 535. The van der Waals surface area contributed by atoms with Crippen LogP contribution in [0, 0.1) is 0 Å². The summed E-state index contributed by atoms with van der Waals surface area (Å²) in [4.78, 5) is 4.62. The largest absolute Gasteiger partial charge is 0.497 e. The first-order valence-corrected chi connectivity index (χ1v) is 6.54. The van der Waals surface area contributed by atoms with Crippen LogP contribution in [0.5, 0.6) is 5.75 Å². The predicted octanol–water partition coefficient (Wildman–Crippen LogP) is 3.50. The van der Waals surface area contributed by atoms with Crippen LogP contribution in [0.1, 0.15) is 17.2 Å². The van der Waals surface area contributed by atoms with E-state index in [-0.39, 0.29) is 6.04 Å². The van der Waals surface area contributed by atoms with Gasteiger partial charge in [0.25, 0.3) is 0 Å². The number of benzene rings is 2. The summed E-state index contributed by atoms with van der Waals surface area (Å²) in [7, 11) is 3.35. The van der Waals surface area contributed by atoms with Gasteiger partial charge in [0.05, 0.1) is 19.8 Å². The minimum Gasteiger partial charge on any atom is -0.497 e. The van der Waals surface area contributed by atoms with Crippen LogP contribution in [-0.2, 0) is 4.74 Å². The molecule has 3 nitrogen and oxygen atoms in total. The smallest absolute Gasteiger partial charge is 0.118 e. The molecule has 0 saturated heterocycles. The van der Waals surface area contributed by atoms with Crippen LogP contribution >= 0.6 is 0 Å². The van der Waals surface area contributed by atoms with E-state index in [4.69, 9.17) is 9.47 Å². The first-order chi connectivity index (χ1) is 9.83. The molecule has 1 atom stereocenters. The maximum absolute atomic E-state index is 5.25. The van der Waals surface area contributed by atoms with Gasteiger partial charge in [0.1, 0.15) is 5.75 Å². The maximum atomic E-state index is 5.25. The Balaban J connectivity index is 2.12. The van der Waals surface area contributed by atoms with E-state index in [0.29, 0.717) is 6.61 Å². The van der Waals surface area contributed by atoms with Crippen LogP contribution in [0.2, 0.25) is 0 Å². The molecule has 0 radical (unpaired) electrons. The van der Waals surface area contributed by atoms with E-state index in [1.54, 1.807) is 14.2 Å². The Morgan fingerprint density at radius 3 is 2.30 bits per heavy atom. The molecule has 0 spiro atoms. The van der Waals surface area contributed by atoms with Crippen LogP contribution in [0.4, 0.5) is 0 Å². The number of nitrogens with zero attached hydrogens (tertiary/aromatic N) is 1. The molecule has 0 aromatic heterocycles. The van der Waals surface area contributed by atoms with Gasteiger partial charge in [-0.25, -0.2) is 0 Å². The highest BCUT2D eigenvalue weighted by Crippen LogP contribution is 2.17. The Morgan fingerprint density at radius 1 is 1.00 bits per heavy atom. The zero-order valence-electron chi connectivity index (χ0n) is 11.8. The van der Waals surface area contributed by atoms with Gasteiger partial charge >= 0.3 is 0 Å². The summed E-state index contributed by atoms with van der Waals surface area (Å²) in [5.74, 6) is 0.846. The van der Waals surface area contributed by atoms with E-state index in [0.717, 1.165) is 16.9 Å². The Labute approximate surface area is 119 Å². The highest BCUT2D eigenvalue weighted by Gasteiger charge is 2.07. The molecule has 0 aliphatic carbocycles. The standard InChI is InChI=1S/C17H19NO2/c1-19-13-17(15-6-4-3-5-7-15)18-12-14-8-10-16(20-2)11-9-14/h3-12,17H,13H2,1-2H3/t17-/m0/s1. The first-order valence-electron chi connectivity index (χ1n) is 6.54. The van der Waals surface area contributed by atoms with Gasteiger partial charge in [-0.3, -0.25) is 4.99 Å². The number of ether oxygens (including phenoxy) is 2. The minimum atomic E-state index is 0.0169. The highest BCUT2D eigenvalue weighted by molar-refractivity contribution is 5.80. The fraction of sp³-hybridized carbons (Fsp3) is 0.235. The van der Waals surface area contributed by atoms with Crippen LogP contribution in [0.15, 0.2) is 59.6 Å². The van der Waals surface area contributed by atoms with Gasteiger partial charge in [0.15, 0.2) is 0 Å². The van der Waals surface area contributed by atoms with Gasteiger partial charge in [0, 0.05) is 13.3 Å². The summed E-state index contributed by atoms with van der Waals surface area (Å²) in [6.07, 6.45) is 1.87. The Kier molecular flexibility index (Phi) is 5.33. The molecule has 2 aromatic rings. The molecule has 0 saturated carbocycles. The van der Waals surface area contributed by atoms with Gasteiger partial charge in [-0.2, -0.15) is 0 Å². The number of hydrogen-bond acceptors (Lipinski definition) is 3. The SMILES string of the molecule is COC[C@H](N=Cc1ccc(OC)cc1)c1ccccc1. The molecule has 0 N–H and O–H groups in total. The van der Waals surface area contributed by atoms with E-state index in [1.807, 2.05) is 48.7 Å². The van der Waals surface area contributed by atoms with Gasteiger partial charge in [-0.15, -0.1) is 0 Å². The van der Waals surface area contributed by atoms with Gasteiger partial charge in [0.2, 0.25) is 0 Å². The molecule has 0 aliphatic rings. The lowest BCUT2D eigenvalue weighted by atomic mass is 10.1. The lowest BCUT2D eigenvalue weighted by Gasteiger charge is -2.11. The third-order valence-corrected chi connectivity index (χ3v) is 3.03. The number of hydrogen-bond donors (Lipinski definition) is 0. The predicted molar refractivity (Wildman–Crippen MR) is 81.6 cm³/mol. The normalized spacial score (nSPS) is 12.5. The zero-order chi connectivity index (χ0) is 14.2. The van der Waals surface area contributed by atoms with Crippen molar-refractivity contribution in [3.63, 3.8) is 0 Å². The molecule has 2 aromatic carbocycles. The van der Waals surface area contributed by atoms with E-state index in [2.05, 4.69) is 17.1 Å². The van der Waals surface area contributed by atoms with Crippen molar-refractivity contribution in [2.45, 2.75) is 6.04 Å². The molecular formula is C17H19NO2. The van der Waals surface area contributed by atoms with E-state index in [1.165, 1.54) is 0 Å².